The van der Waals surface area contributed by atoms with Crippen LogP contribution in [0.4, 0.5) is 13.2 Å². The van der Waals surface area contributed by atoms with E-state index >= 15 is 0 Å². The number of alkyl halides is 3. The van der Waals surface area contributed by atoms with Gasteiger partial charge in [-0.2, -0.15) is 13.2 Å². The van der Waals surface area contributed by atoms with Crippen molar-refractivity contribution >= 4 is 0 Å². The van der Waals surface area contributed by atoms with Gasteiger partial charge in [-0.1, -0.05) is 42.5 Å². The monoisotopic (exact) mass is 427 g/mol. The van der Waals surface area contributed by atoms with E-state index in [1.54, 1.807) is 0 Å². The summed E-state index contributed by atoms with van der Waals surface area (Å²) in [5.74, 6) is 0.484. The molecule has 0 radical (unpaired) electrons. The first-order valence-electron chi connectivity index (χ1n) is 9.98. The first-order chi connectivity index (χ1) is 14.8. The highest BCUT2D eigenvalue weighted by Crippen LogP contribution is 2.67. The Balaban J connectivity index is 1.74. The standard InChI is InChI=1S/C24H20F3NO3/c1-30-19-13-28-14-20-21(19)22(29)12-11-18(15-5-3-2-4-6-15)23(22,31-20)16-7-9-17(10-8-16)24(25,26)27/h2-10,13-14,18,29H,11-12H2,1H3. The van der Waals surface area contributed by atoms with Crippen molar-refractivity contribution < 1.29 is 27.8 Å². The molecule has 160 valence electrons. The Morgan fingerprint density at radius 1 is 1.06 bits per heavy atom. The van der Waals surface area contributed by atoms with Crippen molar-refractivity contribution in [1.82, 2.24) is 4.98 Å². The average Bonchev–Trinajstić information content (AvgIpc) is 3.21. The molecule has 7 heteroatoms. The predicted octanol–water partition coefficient (Wildman–Crippen LogP) is 5.16. The van der Waals surface area contributed by atoms with Gasteiger partial charge in [0.1, 0.15) is 17.1 Å². The summed E-state index contributed by atoms with van der Waals surface area (Å²) in [4.78, 5) is 4.14. The molecule has 31 heavy (non-hydrogen) atoms. The smallest absolute Gasteiger partial charge is 0.416 e. The number of hydrogen-bond acceptors (Lipinski definition) is 4. The highest BCUT2D eigenvalue weighted by Gasteiger charge is 2.69. The molecule has 0 amide bonds. The lowest BCUT2D eigenvalue weighted by atomic mass is 9.71. The normalized spacial score (nSPS) is 26.8. The minimum Gasteiger partial charge on any atom is -0.495 e. The number of methoxy groups -OCH3 is 1. The third-order valence-electron chi connectivity index (χ3n) is 6.52. The van der Waals surface area contributed by atoms with Crippen LogP contribution < -0.4 is 9.47 Å². The molecule has 3 aromatic rings. The molecule has 1 aliphatic heterocycles. The summed E-state index contributed by atoms with van der Waals surface area (Å²) in [6.07, 6.45) is -0.470. The molecule has 2 aromatic carbocycles. The summed E-state index contributed by atoms with van der Waals surface area (Å²) < 4.78 is 51.5. The maximum Gasteiger partial charge on any atom is 0.416 e. The van der Waals surface area contributed by atoms with Gasteiger partial charge in [0.05, 0.1) is 30.6 Å². The molecule has 1 saturated carbocycles. The fourth-order valence-corrected chi connectivity index (χ4v) is 5.23. The van der Waals surface area contributed by atoms with E-state index < -0.39 is 22.9 Å². The van der Waals surface area contributed by atoms with Gasteiger partial charge in [0, 0.05) is 5.92 Å². The van der Waals surface area contributed by atoms with Crippen molar-refractivity contribution in [2.75, 3.05) is 7.11 Å². The largest absolute Gasteiger partial charge is 0.495 e. The number of pyridine rings is 1. The van der Waals surface area contributed by atoms with E-state index in [0.29, 0.717) is 35.5 Å². The Labute approximate surface area is 177 Å². The lowest BCUT2D eigenvalue weighted by Crippen LogP contribution is -2.48. The second-order valence-electron chi connectivity index (χ2n) is 7.99. The van der Waals surface area contributed by atoms with Crippen LogP contribution in [0.1, 0.15) is 41.0 Å². The zero-order chi connectivity index (χ0) is 21.9. The van der Waals surface area contributed by atoms with Crippen LogP contribution in [0.3, 0.4) is 0 Å². The molecule has 2 aliphatic rings. The molecule has 1 aliphatic carbocycles. The van der Waals surface area contributed by atoms with Crippen molar-refractivity contribution in [3.63, 3.8) is 0 Å². The molecule has 2 heterocycles. The third kappa shape index (κ3) is 2.69. The van der Waals surface area contributed by atoms with Crippen molar-refractivity contribution in [2.45, 2.75) is 36.1 Å². The molecule has 1 fully saturated rings. The van der Waals surface area contributed by atoms with E-state index in [1.165, 1.54) is 31.6 Å². The van der Waals surface area contributed by atoms with E-state index in [2.05, 4.69) is 4.98 Å². The summed E-state index contributed by atoms with van der Waals surface area (Å²) in [5, 5.41) is 12.1. The molecule has 0 bridgehead atoms. The van der Waals surface area contributed by atoms with Crippen LogP contribution in [-0.2, 0) is 17.4 Å². The van der Waals surface area contributed by atoms with Crippen LogP contribution in [0.15, 0.2) is 67.0 Å². The Bertz CT molecular complexity index is 1120. The van der Waals surface area contributed by atoms with Gasteiger partial charge in [-0.25, -0.2) is 0 Å². The molecule has 5 rings (SSSR count). The molecule has 0 saturated heterocycles. The average molecular weight is 427 g/mol. The van der Waals surface area contributed by atoms with Crippen LogP contribution in [0, 0.1) is 0 Å². The molecule has 1 aromatic heterocycles. The van der Waals surface area contributed by atoms with Crippen LogP contribution in [0.25, 0.3) is 0 Å². The zero-order valence-corrected chi connectivity index (χ0v) is 16.7. The van der Waals surface area contributed by atoms with Gasteiger partial charge in [-0.15, -0.1) is 0 Å². The maximum absolute atomic E-state index is 13.2. The maximum atomic E-state index is 13.2. The highest BCUT2D eigenvalue weighted by molar-refractivity contribution is 5.57. The second kappa shape index (κ2) is 6.72. The Morgan fingerprint density at radius 2 is 1.77 bits per heavy atom. The van der Waals surface area contributed by atoms with E-state index in [0.717, 1.165) is 17.7 Å². The molecular formula is C24H20F3NO3. The number of ether oxygens (including phenoxy) is 2. The molecular weight excluding hydrogens is 407 g/mol. The number of hydrogen-bond donors (Lipinski definition) is 1. The van der Waals surface area contributed by atoms with Crippen LogP contribution in [0.2, 0.25) is 0 Å². The van der Waals surface area contributed by atoms with E-state index in [9.17, 15) is 18.3 Å². The molecule has 0 spiro atoms. The van der Waals surface area contributed by atoms with Gasteiger partial charge >= 0.3 is 6.18 Å². The van der Waals surface area contributed by atoms with E-state index in [-0.39, 0.29) is 5.92 Å². The summed E-state index contributed by atoms with van der Waals surface area (Å²) >= 11 is 0. The third-order valence-corrected chi connectivity index (χ3v) is 6.52. The first-order valence-corrected chi connectivity index (χ1v) is 9.98. The topological polar surface area (TPSA) is 51.6 Å². The fraction of sp³-hybridized carbons (Fsp3) is 0.292. The van der Waals surface area contributed by atoms with Crippen molar-refractivity contribution in [3.05, 3.63) is 89.2 Å². The first kappa shape index (κ1) is 19.9. The number of rotatable bonds is 3. The number of nitrogens with zero attached hydrogens (tertiary/aromatic N) is 1. The number of halogens is 3. The Kier molecular flexibility index (Phi) is 4.31. The van der Waals surface area contributed by atoms with Gasteiger partial charge in [-0.3, -0.25) is 4.98 Å². The van der Waals surface area contributed by atoms with Crippen molar-refractivity contribution in [1.29, 1.82) is 0 Å². The van der Waals surface area contributed by atoms with Crippen LogP contribution in [-0.4, -0.2) is 17.2 Å². The zero-order valence-electron chi connectivity index (χ0n) is 16.7. The number of aromatic nitrogens is 1. The van der Waals surface area contributed by atoms with E-state index in [1.807, 2.05) is 30.3 Å². The Morgan fingerprint density at radius 3 is 2.42 bits per heavy atom. The molecule has 1 N–H and O–H groups in total. The predicted molar refractivity (Wildman–Crippen MR) is 107 cm³/mol. The van der Waals surface area contributed by atoms with E-state index in [4.69, 9.17) is 9.47 Å². The van der Waals surface area contributed by atoms with Crippen molar-refractivity contribution in [2.24, 2.45) is 0 Å². The Hall–Kier alpha value is -3.06. The minimum absolute atomic E-state index is 0.285. The summed E-state index contributed by atoms with van der Waals surface area (Å²) in [6.45, 7) is 0. The van der Waals surface area contributed by atoms with Crippen LogP contribution in [0.5, 0.6) is 11.5 Å². The van der Waals surface area contributed by atoms with Gasteiger partial charge in [-0.05, 0) is 36.1 Å². The molecule has 3 atom stereocenters. The molecule has 3 unspecified atom stereocenters. The fourth-order valence-electron chi connectivity index (χ4n) is 5.23. The molecule has 4 nitrogen and oxygen atoms in total. The van der Waals surface area contributed by atoms with Gasteiger partial charge in [0.25, 0.3) is 0 Å². The van der Waals surface area contributed by atoms with Gasteiger partial charge in [0.15, 0.2) is 5.60 Å². The second-order valence-corrected chi connectivity index (χ2v) is 7.99. The summed E-state index contributed by atoms with van der Waals surface area (Å²) in [7, 11) is 1.49. The highest BCUT2D eigenvalue weighted by atomic mass is 19.4. The van der Waals surface area contributed by atoms with Crippen molar-refractivity contribution in [3.8, 4) is 11.5 Å². The number of fused-ring (bicyclic) bond motifs is 3. The van der Waals surface area contributed by atoms with Gasteiger partial charge in [0.2, 0.25) is 0 Å². The quantitative estimate of drug-likeness (QED) is 0.627. The summed E-state index contributed by atoms with van der Waals surface area (Å²) in [5.41, 5.74) is -1.64. The number of benzene rings is 2. The lowest BCUT2D eigenvalue weighted by molar-refractivity contribution is -0.137. The SMILES string of the molecule is COc1cncc2c1C1(O)CCC(c3ccccc3)C1(c1ccc(C(F)(F)F)cc1)O2. The lowest BCUT2D eigenvalue weighted by Gasteiger charge is -2.40. The van der Waals surface area contributed by atoms with Crippen LogP contribution >= 0.6 is 0 Å². The minimum atomic E-state index is -4.45. The summed E-state index contributed by atoms with van der Waals surface area (Å²) in [6, 6.07) is 14.5. The van der Waals surface area contributed by atoms with Gasteiger partial charge < -0.3 is 14.6 Å². The number of aliphatic hydroxyl groups is 1.